The number of para-hydroxylation sites is 3. The Hall–Kier alpha value is -7.96. The molecule has 0 unspecified atom stereocenters. The second kappa shape index (κ2) is 12.8. The quantitative estimate of drug-likeness (QED) is 0.165. The summed E-state index contributed by atoms with van der Waals surface area (Å²) < 4.78 is 4.75. The number of nitrogens with zero attached hydrogens (tertiary/aromatic N) is 6. The van der Waals surface area contributed by atoms with Crippen molar-refractivity contribution in [3.05, 3.63) is 194 Å². The molecule has 0 fully saturated rings. The van der Waals surface area contributed by atoms with Crippen LogP contribution in [0.15, 0.2) is 194 Å². The Balaban J connectivity index is 1.01. The number of hydrogen-bond acceptors (Lipinski definition) is 4. The van der Waals surface area contributed by atoms with Crippen LogP contribution in [-0.2, 0) is 0 Å². The Morgan fingerprint density at radius 3 is 1.53 bits per heavy atom. The largest absolute Gasteiger partial charge is 0.309 e. The zero-order valence-corrected chi connectivity index (χ0v) is 31.2. The average Bonchev–Trinajstić information content (AvgIpc) is 3.86. The Morgan fingerprint density at radius 1 is 0.310 bits per heavy atom. The molecule has 4 heterocycles. The van der Waals surface area contributed by atoms with Gasteiger partial charge in [0.05, 0.1) is 27.6 Å². The molecule has 0 aliphatic rings. The van der Waals surface area contributed by atoms with Crippen molar-refractivity contribution < 1.29 is 0 Å². The van der Waals surface area contributed by atoms with Crippen LogP contribution in [0.4, 0.5) is 0 Å². The van der Waals surface area contributed by atoms with E-state index in [4.69, 9.17) is 19.9 Å². The predicted molar refractivity (Wildman–Crippen MR) is 237 cm³/mol. The molecule has 0 radical (unpaired) electrons. The second-order valence-electron chi connectivity index (χ2n) is 14.7. The maximum Gasteiger partial charge on any atom is 0.164 e. The predicted octanol–water partition coefficient (Wildman–Crippen LogP) is 12.7. The van der Waals surface area contributed by atoms with Crippen molar-refractivity contribution in [1.82, 2.24) is 28.9 Å². The van der Waals surface area contributed by atoms with Gasteiger partial charge in [-0.15, -0.1) is 0 Å². The van der Waals surface area contributed by atoms with E-state index in [1.807, 2.05) is 60.7 Å². The van der Waals surface area contributed by atoms with Gasteiger partial charge >= 0.3 is 0 Å². The van der Waals surface area contributed by atoms with Crippen molar-refractivity contribution in [2.45, 2.75) is 0 Å². The van der Waals surface area contributed by atoms with Crippen LogP contribution in [0.1, 0.15) is 0 Å². The third-order valence-electron chi connectivity index (χ3n) is 11.3. The van der Waals surface area contributed by atoms with Crippen LogP contribution in [-0.4, -0.2) is 28.9 Å². The second-order valence-corrected chi connectivity index (χ2v) is 14.7. The summed E-state index contributed by atoms with van der Waals surface area (Å²) >= 11 is 0. The molecule has 0 spiro atoms. The van der Waals surface area contributed by atoms with Gasteiger partial charge in [-0.3, -0.25) is 4.40 Å². The van der Waals surface area contributed by atoms with Crippen LogP contribution in [0.2, 0.25) is 0 Å². The molecule has 0 saturated carbocycles. The molecule has 0 aliphatic carbocycles. The molecule has 12 rings (SSSR count). The van der Waals surface area contributed by atoms with E-state index >= 15 is 0 Å². The fourth-order valence-corrected chi connectivity index (χ4v) is 8.71. The van der Waals surface area contributed by atoms with Crippen molar-refractivity contribution in [2.24, 2.45) is 0 Å². The van der Waals surface area contributed by atoms with E-state index in [0.717, 1.165) is 72.1 Å². The summed E-state index contributed by atoms with van der Waals surface area (Å²) in [6.45, 7) is 0. The smallest absolute Gasteiger partial charge is 0.164 e. The normalized spacial score (nSPS) is 11.8. The van der Waals surface area contributed by atoms with Gasteiger partial charge in [-0.05, 0) is 59.0 Å². The standard InChI is InChI=1S/C52H32N6/c1-3-14-34(15-4-1)49-54-50(35-16-5-2-6-17-35)56-51(55-49)36-28-26-33(27-29-36)37-18-13-19-38(32-37)57-43-24-11-9-22-41(43)48-45(57)30-31-46-47(48)39-20-7-8-21-40(39)52-53-42-23-10-12-25-44(42)58(46)52/h1-32H. The van der Waals surface area contributed by atoms with Crippen molar-refractivity contribution in [3.8, 4) is 51.0 Å². The van der Waals surface area contributed by atoms with Crippen LogP contribution < -0.4 is 0 Å². The highest BCUT2D eigenvalue weighted by molar-refractivity contribution is 6.29. The number of pyridine rings is 1. The molecule has 270 valence electrons. The summed E-state index contributed by atoms with van der Waals surface area (Å²) in [5.41, 5.74) is 12.7. The number of imidazole rings is 1. The van der Waals surface area contributed by atoms with Gasteiger partial charge in [-0.25, -0.2) is 19.9 Å². The highest BCUT2D eigenvalue weighted by atomic mass is 15.0. The van der Waals surface area contributed by atoms with Crippen LogP contribution in [0.3, 0.4) is 0 Å². The van der Waals surface area contributed by atoms with Crippen molar-refractivity contribution in [1.29, 1.82) is 0 Å². The van der Waals surface area contributed by atoms with Crippen molar-refractivity contribution in [2.75, 3.05) is 0 Å². The number of rotatable bonds is 5. The minimum absolute atomic E-state index is 0.638. The Labute approximate surface area is 333 Å². The lowest BCUT2D eigenvalue weighted by molar-refractivity contribution is 1.07. The van der Waals surface area contributed by atoms with Crippen molar-refractivity contribution in [3.63, 3.8) is 0 Å². The van der Waals surface area contributed by atoms with E-state index in [2.05, 4.69) is 142 Å². The van der Waals surface area contributed by atoms with Gasteiger partial charge in [0.2, 0.25) is 0 Å². The lowest BCUT2D eigenvalue weighted by atomic mass is 10.0. The molecule has 4 aromatic heterocycles. The first kappa shape index (κ1) is 32.3. The molecule has 58 heavy (non-hydrogen) atoms. The van der Waals surface area contributed by atoms with Gasteiger partial charge in [-0.2, -0.15) is 0 Å². The fraction of sp³-hybridized carbons (Fsp3) is 0. The maximum atomic E-state index is 5.13. The van der Waals surface area contributed by atoms with Gasteiger partial charge < -0.3 is 4.57 Å². The number of hydrogen-bond donors (Lipinski definition) is 0. The average molecular weight is 741 g/mol. The van der Waals surface area contributed by atoms with Crippen LogP contribution >= 0.6 is 0 Å². The molecule has 0 aliphatic heterocycles. The SMILES string of the molecule is c1ccc(-c2nc(-c3ccccc3)nc(-c3ccc(-c4cccc(-n5c6ccccc6c6c7c8ccccc8c8nc9ccccc9n8c7ccc65)c4)cc3)n2)cc1. The lowest BCUT2D eigenvalue weighted by Crippen LogP contribution is -2.00. The van der Waals surface area contributed by atoms with E-state index in [1.165, 1.54) is 21.5 Å². The summed E-state index contributed by atoms with van der Waals surface area (Å²) in [4.78, 5) is 19.9. The summed E-state index contributed by atoms with van der Waals surface area (Å²) in [6.07, 6.45) is 0. The van der Waals surface area contributed by atoms with Gasteiger partial charge in [0.1, 0.15) is 5.65 Å². The van der Waals surface area contributed by atoms with Crippen LogP contribution in [0.5, 0.6) is 0 Å². The molecule has 6 nitrogen and oxygen atoms in total. The molecular formula is C52H32N6. The van der Waals surface area contributed by atoms with E-state index in [0.29, 0.717) is 17.5 Å². The molecular weight excluding hydrogens is 709 g/mol. The van der Waals surface area contributed by atoms with E-state index < -0.39 is 0 Å². The minimum Gasteiger partial charge on any atom is -0.309 e. The molecule has 0 atom stereocenters. The highest BCUT2D eigenvalue weighted by Crippen LogP contribution is 2.42. The molecule has 0 amide bonds. The molecule has 0 saturated heterocycles. The third-order valence-corrected chi connectivity index (χ3v) is 11.3. The first-order chi connectivity index (χ1) is 28.8. The van der Waals surface area contributed by atoms with E-state index in [1.54, 1.807) is 0 Å². The first-order valence-corrected chi connectivity index (χ1v) is 19.5. The molecule has 0 bridgehead atoms. The van der Waals surface area contributed by atoms with Crippen LogP contribution in [0, 0.1) is 0 Å². The zero-order chi connectivity index (χ0) is 38.2. The molecule has 0 N–H and O–H groups in total. The number of aromatic nitrogens is 6. The number of benzene rings is 8. The molecule has 12 aromatic rings. The molecule has 8 aromatic carbocycles. The Bertz CT molecular complexity index is 3490. The number of fused-ring (bicyclic) bond motifs is 12. The molecule has 6 heteroatoms. The van der Waals surface area contributed by atoms with E-state index in [-0.39, 0.29) is 0 Å². The van der Waals surface area contributed by atoms with Gasteiger partial charge in [-0.1, -0.05) is 152 Å². The summed E-state index contributed by atoms with van der Waals surface area (Å²) in [5.74, 6) is 1.94. The van der Waals surface area contributed by atoms with Crippen molar-refractivity contribution >= 4 is 60.2 Å². The third kappa shape index (κ3) is 4.98. The minimum atomic E-state index is 0.638. The zero-order valence-electron chi connectivity index (χ0n) is 31.2. The summed E-state index contributed by atoms with van der Waals surface area (Å²) in [6, 6.07) is 68.0. The monoisotopic (exact) mass is 740 g/mol. The Kier molecular flexibility index (Phi) is 7.13. The Morgan fingerprint density at radius 2 is 0.828 bits per heavy atom. The van der Waals surface area contributed by atoms with Crippen LogP contribution in [0.25, 0.3) is 111 Å². The maximum absolute atomic E-state index is 5.13. The highest BCUT2D eigenvalue weighted by Gasteiger charge is 2.20. The first-order valence-electron chi connectivity index (χ1n) is 19.5. The van der Waals surface area contributed by atoms with E-state index in [9.17, 15) is 0 Å². The van der Waals surface area contributed by atoms with Gasteiger partial charge in [0.25, 0.3) is 0 Å². The van der Waals surface area contributed by atoms with Gasteiger partial charge in [0.15, 0.2) is 17.5 Å². The lowest BCUT2D eigenvalue weighted by Gasteiger charge is -2.13. The summed E-state index contributed by atoms with van der Waals surface area (Å²) in [5, 5.41) is 6.03. The van der Waals surface area contributed by atoms with Gasteiger partial charge in [0, 0.05) is 43.9 Å². The topological polar surface area (TPSA) is 60.9 Å². The summed E-state index contributed by atoms with van der Waals surface area (Å²) in [7, 11) is 0. The fourth-order valence-electron chi connectivity index (χ4n) is 8.71.